The molecule has 45 heavy (non-hydrogen) atoms. The van der Waals surface area contributed by atoms with Crippen LogP contribution in [0.15, 0.2) is 48.5 Å². The van der Waals surface area contributed by atoms with Crippen molar-refractivity contribution < 1.29 is 33.6 Å². The van der Waals surface area contributed by atoms with Crippen LogP contribution < -0.4 is 10.6 Å². The summed E-state index contributed by atoms with van der Waals surface area (Å²) in [5.74, 6) is -2.05. The summed E-state index contributed by atoms with van der Waals surface area (Å²) in [6.07, 6.45) is 6.29. The van der Waals surface area contributed by atoms with E-state index in [0.717, 1.165) is 56.1 Å². The highest BCUT2D eigenvalue weighted by Gasteiger charge is 2.44. The van der Waals surface area contributed by atoms with Gasteiger partial charge in [-0.25, -0.2) is 9.18 Å². The first-order valence-corrected chi connectivity index (χ1v) is 16.3. The van der Waals surface area contributed by atoms with Gasteiger partial charge in [0, 0.05) is 26.1 Å². The highest BCUT2D eigenvalue weighted by atomic mass is 19.1. The lowest BCUT2D eigenvalue weighted by Crippen LogP contribution is -2.56. The summed E-state index contributed by atoms with van der Waals surface area (Å²) in [5, 5.41) is 26.1. The number of rotatable bonds is 5. The van der Waals surface area contributed by atoms with E-state index in [0.29, 0.717) is 31.5 Å². The Morgan fingerprint density at radius 1 is 0.956 bits per heavy atom. The van der Waals surface area contributed by atoms with Gasteiger partial charge in [0.2, 0.25) is 11.8 Å². The second kappa shape index (κ2) is 15.7. The maximum absolute atomic E-state index is 14.2. The minimum Gasteiger partial charge on any atom is -0.444 e. The van der Waals surface area contributed by atoms with E-state index in [1.165, 1.54) is 17.0 Å². The summed E-state index contributed by atoms with van der Waals surface area (Å²) in [6, 6.07) is 12.4. The summed E-state index contributed by atoms with van der Waals surface area (Å²) in [5.41, 5.74) is 2.81. The second-order valence-corrected chi connectivity index (χ2v) is 12.5. The average molecular weight is 623 g/mol. The predicted octanol–water partition coefficient (Wildman–Crippen LogP) is 3.43. The van der Waals surface area contributed by atoms with Crippen molar-refractivity contribution in [1.82, 2.24) is 20.4 Å². The molecule has 2 saturated heterocycles. The van der Waals surface area contributed by atoms with Crippen molar-refractivity contribution in [2.45, 2.75) is 108 Å². The zero-order valence-corrected chi connectivity index (χ0v) is 25.7. The molecule has 4 N–H and O–H groups in total. The van der Waals surface area contributed by atoms with E-state index in [1.807, 2.05) is 24.3 Å². The van der Waals surface area contributed by atoms with Crippen LogP contribution in [0.2, 0.25) is 0 Å². The van der Waals surface area contributed by atoms with E-state index in [1.54, 1.807) is 17.0 Å². The highest BCUT2D eigenvalue weighted by molar-refractivity contribution is 6.43. The third kappa shape index (κ3) is 8.83. The number of carbonyl (C=O) groups excluding carboxylic acids is 3. The molecule has 3 amide bonds. The number of nitrogens with one attached hydrogen (secondary N) is 2. The van der Waals surface area contributed by atoms with E-state index in [-0.39, 0.29) is 31.2 Å². The maximum atomic E-state index is 14.2. The standard InChI is InChI=1S/C33H44BFN4O6/c35-26-14-10-11-23(17-26)19-36-28-15-6-4-2-1-3-5-7-16-30(34(43)44)37-31(40)29-18-27(22-39(29)32(28)41)45-33(42)38-20-24-12-8-9-13-25(24)21-38/h8-14,17,27-30,36,43-44H,1-7,15-16,18-22H2,(H,37,40)/t27-,28+,29+,30+/m1/s1. The molecular weight excluding hydrogens is 578 g/mol. The Kier molecular flexibility index (Phi) is 11.5. The van der Waals surface area contributed by atoms with Crippen molar-refractivity contribution in [2.24, 2.45) is 0 Å². The molecule has 2 fully saturated rings. The van der Waals surface area contributed by atoms with Crippen LogP contribution in [0.25, 0.3) is 0 Å². The fraction of sp³-hybridized carbons (Fsp3) is 0.545. The topological polar surface area (TPSA) is 131 Å². The van der Waals surface area contributed by atoms with E-state index in [4.69, 9.17) is 4.74 Å². The molecule has 0 radical (unpaired) electrons. The number of amides is 3. The minimum absolute atomic E-state index is 0.0357. The molecule has 242 valence electrons. The molecule has 5 rings (SSSR count). The quantitative estimate of drug-likeness (QED) is 0.376. The smallest absolute Gasteiger partial charge is 0.444 e. The van der Waals surface area contributed by atoms with Crippen LogP contribution in [-0.4, -0.2) is 75.5 Å². The van der Waals surface area contributed by atoms with Gasteiger partial charge in [0.15, 0.2) is 0 Å². The zero-order chi connectivity index (χ0) is 31.8. The molecule has 3 aliphatic rings. The molecule has 0 saturated carbocycles. The number of hydrogen-bond acceptors (Lipinski definition) is 7. The monoisotopic (exact) mass is 622 g/mol. The molecule has 2 aromatic carbocycles. The first-order chi connectivity index (χ1) is 21.8. The third-order valence-corrected chi connectivity index (χ3v) is 9.15. The number of carbonyl (C=O) groups is 3. The number of ether oxygens (including phenoxy) is 1. The lowest BCUT2D eigenvalue weighted by Gasteiger charge is -2.30. The van der Waals surface area contributed by atoms with E-state index in [9.17, 15) is 28.8 Å². The normalized spacial score (nSPS) is 25.0. The van der Waals surface area contributed by atoms with Gasteiger partial charge >= 0.3 is 13.2 Å². The van der Waals surface area contributed by atoms with Crippen LogP contribution in [-0.2, 0) is 34.0 Å². The van der Waals surface area contributed by atoms with Gasteiger partial charge in [-0.05, 0) is 41.7 Å². The van der Waals surface area contributed by atoms with Crippen molar-refractivity contribution in [3.05, 3.63) is 71.0 Å². The van der Waals surface area contributed by atoms with Gasteiger partial charge in [-0.1, -0.05) is 81.3 Å². The van der Waals surface area contributed by atoms with Crippen LogP contribution in [0, 0.1) is 5.82 Å². The van der Waals surface area contributed by atoms with Crippen LogP contribution in [0.1, 0.15) is 80.9 Å². The first kappa shape index (κ1) is 32.9. The van der Waals surface area contributed by atoms with Gasteiger partial charge in [0.1, 0.15) is 18.0 Å². The van der Waals surface area contributed by atoms with Crippen LogP contribution in [0.5, 0.6) is 0 Å². The first-order valence-electron chi connectivity index (χ1n) is 16.3. The Balaban J connectivity index is 1.33. The number of halogens is 1. The molecule has 0 bridgehead atoms. The van der Waals surface area contributed by atoms with Gasteiger partial charge in [-0.2, -0.15) is 0 Å². The second-order valence-electron chi connectivity index (χ2n) is 12.5. The number of nitrogens with zero attached hydrogens (tertiary/aromatic N) is 2. The minimum atomic E-state index is -1.75. The van der Waals surface area contributed by atoms with Crippen molar-refractivity contribution >= 4 is 25.0 Å². The Morgan fingerprint density at radius 3 is 2.29 bits per heavy atom. The number of benzene rings is 2. The molecule has 12 heteroatoms. The fourth-order valence-electron chi connectivity index (χ4n) is 6.63. The summed E-state index contributed by atoms with van der Waals surface area (Å²) >= 11 is 0. The Morgan fingerprint density at radius 2 is 1.62 bits per heavy atom. The Hall–Kier alpha value is -3.48. The molecular formula is C33H44BFN4O6. The zero-order valence-electron chi connectivity index (χ0n) is 25.7. The molecule has 0 aliphatic carbocycles. The maximum Gasteiger partial charge on any atom is 0.475 e. The molecule has 0 unspecified atom stereocenters. The van der Waals surface area contributed by atoms with Crippen molar-refractivity contribution in [1.29, 1.82) is 0 Å². The molecule has 3 heterocycles. The lowest BCUT2D eigenvalue weighted by molar-refractivity contribution is -0.140. The fourth-order valence-corrected chi connectivity index (χ4v) is 6.63. The van der Waals surface area contributed by atoms with Crippen molar-refractivity contribution in [3.8, 4) is 0 Å². The molecule has 0 aromatic heterocycles. The molecule has 10 nitrogen and oxygen atoms in total. The SMILES string of the molecule is O=C1N[C@H](B(O)O)CCCCCCCCC[C@H](NCc2cccc(F)c2)C(=O)N2C[C@H](OC(=O)N3Cc4ccccc4C3)C[C@@H]12. The van der Waals surface area contributed by atoms with Crippen LogP contribution >= 0.6 is 0 Å². The van der Waals surface area contributed by atoms with Gasteiger partial charge < -0.3 is 30.3 Å². The Labute approximate surface area is 264 Å². The van der Waals surface area contributed by atoms with Gasteiger partial charge in [0.25, 0.3) is 0 Å². The predicted molar refractivity (Wildman–Crippen MR) is 167 cm³/mol. The highest BCUT2D eigenvalue weighted by Crippen LogP contribution is 2.27. The molecule has 4 atom stereocenters. The van der Waals surface area contributed by atoms with E-state index < -0.39 is 43.2 Å². The third-order valence-electron chi connectivity index (χ3n) is 9.15. The average Bonchev–Trinajstić information content (AvgIpc) is 3.65. The lowest BCUT2D eigenvalue weighted by atomic mass is 9.76. The molecule has 2 aromatic rings. The summed E-state index contributed by atoms with van der Waals surface area (Å²) in [6.45, 7) is 1.16. The van der Waals surface area contributed by atoms with Gasteiger partial charge in [0.05, 0.1) is 18.5 Å². The summed E-state index contributed by atoms with van der Waals surface area (Å²) in [4.78, 5) is 44.1. The summed E-state index contributed by atoms with van der Waals surface area (Å²) < 4.78 is 19.7. The van der Waals surface area contributed by atoms with Gasteiger partial charge in [-0.3, -0.25) is 14.5 Å². The van der Waals surface area contributed by atoms with Crippen molar-refractivity contribution in [2.75, 3.05) is 6.54 Å². The number of hydrogen-bond donors (Lipinski definition) is 4. The largest absolute Gasteiger partial charge is 0.475 e. The summed E-state index contributed by atoms with van der Waals surface area (Å²) in [7, 11) is -1.75. The van der Waals surface area contributed by atoms with E-state index in [2.05, 4.69) is 10.6 Å². The van der Waals surface area contributed by atoms with Crippen molar-refractivity contribution in [3.63, 3.8) is 0 Å². The Bertz CT molecular complexity index is 1310. The van der Waals surface area contributed by atoms with E-state index >= 15 is 0 Å². The molecule has 3 aliphatic heterocycles. The van der Waals surface area contributed by atoms with Crippen LogP contribution in [0.3, 0.4) is 0 Å². The van der Waals surface area contributed by atoms with Gasteiger partial charge in [-0.15, -0.1) is 0 Å². The number of fused-ring (bicyclic) bond motifs is 2. The molecule has 0 spiro atoms. The van der Waals surface area contributed by atoms with Crippen LogP contribution in [0.4, 0.5) is 9.18 Å².